The number of anilines is 1. The lowest BCUT2D eigenvalue weighted by atomic mass is 10.1. The minimum atomic E-state index is -1.28. The number of nitrogens with one attached hydrogen (secondary N) is 1. The lowest BCUT2D eigenvalue weighted by Gasteiger charge is -2.16. The van der Waals surface area contributed by atoms with Crippen LogP contribution in [0, 0.1) is 0 Å². The molecule has 3 N–H and O–H groups in total. The first-order valence-electron chi connectivity index (χ1n) is 7.51. The molecule has 1 aromatic rings. The molecule has 0 aliphatic heterocycles. The molecule has 0 unspecified atom stereocenters. The molecule has 0 radical (unpaired) electrons. The minimum Gasteiger partial charge on any atom is -0.544 e. The summed E-state index contributed by atoms with van der Waals surface area (Å²) < 4.78 is 4.64. The Hall–Kier alpha value is -2.41. The van der Waals surface area contributed by atoms with Crippen LogP contribution in [0.3, 0.4) is 0 Å². The third kappa shape index (κ3) is 6.07. The lowest BCUT2D eigenvalue weighted by molar-refractivity contribution is -0.682. The van der Waals surface area contributed by atoms with E-state index in [2.05, 4.69) is 10.1 Å². The Bertz CT molecular complexity index is 559. The topological polar surface area (TPSA) is 112 Å². The van der Waals surface area contributed by atoms with Crippen molar-refractivity contribution in [2.75, 3.05) is 19.0 Å². The Morgan fingerprint density at radius 1 is 1.30 bits per heavy atom. The third-order valence-electron chi connectivity index (χ3n) is 3.32. The Balaban J connectivity index is 2.71. The maximum atomic E-state index is 12.0. The van der Waals surface area contributed by atoms with Gasteiger partial charge in [-0.3, -0.25) is 4.79 Å². The summed E-state index contributed by atoms with van der Waals surface area (Å²) in [5.74, 6) is -2.35. The number of carbonyl (C=O) groups is 3. The molecule has 7 nitrogen and oxygen atoms in total. The zero-order chi connectivity index (χ0) is 17.2. The van der Waals surface area contributed by atoms with Crippen LogP contribution in [0.25, 0.3) is 0 Å². The van der Waals surface area contributed by atoms with Gasteiger partial charge in [0.05, 0.1) is 37.3 Å². The highest BCUT2D eigenvalue weighted by atomic mass is 16.5. The summed E-state index contributed by atoms with van der Waals surface area (Å²) in [5, 5.41) is 15.2. The highest BCUT2D eigenvalue weighted by Crippen LogP contribution is 2.16. The van der Waals surface area contributed by atoms with E-state index in [1.807, 2.05) is 6.92 Å². The van der Waals surface area contributed by atoms with Crippen LogP contribution in [0.1, 0.15) is 36.5 Å². The van der Waals surface area contributed by atoms with Gasteiger partial charge in [-0.2, -0.15) is 0 Å². The average molecular weight is 322 g/mol. The number of benzene rings is 1. The van der Waals surface area contributed by atoms with Gasteiger partial charge in [0, 0.05) is 0 Å². The first-order valence-corrected chi connectivity index (χ1v) is 7.51. The van der Waals surface area contributed by atoms with Crippen molar-refractivity contribution in [1.82, 2.24) is 0 Å². The zero-order valence-corrected chi connectivity index (χ0v) is 13.3. The maximum Gasteiger partial charge on any atom is 0.339 e. The highest BCUT2D eigenvalue weighted by Gasteiger charge is 2.19. The van der Waals surface area contributed by atoms with Crippen molar-refractivity contribution < 1.29 is 29.5 Å². The number of para-hydroxylation sites is 1. The number of hydrogen-bond donors (Lipinski definition) is 2. The van der Waals surface area contributed by atoms with E-state index >= 15 is 0 Å². The van der Waals surface area contributed by atoms with Crippen LogP contribution in [0.4, 0.5) is 5.69 Å². The number of aliphatic carboxylic acids is 1. The van der Waals surface area contributed by atoms with Gasteiger partial charge in [-0.25, -0.2) is 4.79 Å². The summed E-state index contributed by atoms with van der Waals surface area (Å²) in [5.41, 5.74) is 0.498. The molecule has 1 aromatic carbocycles. The number of amides is 1. The van der Waals surface area contributed by atoms with Crippen LogP contribution in [0.15, 0.2) is 24.3 Å². The number of ether oxygens (including phenoxy) is 1. The predicted molar refractivity (Wildman–Crippen MR) is 81.5 cm³/mol. The molecule has 0 bridgehead atoms. The van der Waals surface area contributed by atoms with E-state index in [-0.39, 0.29) is 17.7 Å². The van der Waals surface area contributed by atoms with E-state index in [4.69, 9.17) is 0 Å². The predicted octanol–water partition coefficient (Wildman–Crippen LogP) is -0.716. The number of carboxylic acids is 1. The van der Waals surface area contributed by atoms with Gasteiger partial charge >= 0.3 is 5.97 Å². The zero-order valence-electron chi connectivity index (χ0n) is 13.3. The molecule has 1 amide bonds. The molecule has 1 rings (SSSR count). The second-order valence-corrected chi connectivity index (χ2v) is 5.09. The van der Waals surface area contributed by atoms with Gasteiger partial charge in [0.2, 0.25) is 5.91 Å². The van der Waals surface area contributed by atoms with Crippen LogP contribution in [0.2, 0.25) is 0 Å². The van der Waals surface area contributed by atoms with Gasteiger partial charge in [0.15, 0.2) is 0 Å². The molecule has 0 spiro atoms. The van der Waals surface area contributed by atoms with Gasteiger partial charge < -0.3 is 25.3 Å². The molecular weight excluding hydrogens is 300 g/mol. The van der Waals surface area contributed by atoms with Gasteiger partial charge in [-0.05, 0) is 18.6 Å². The number of methoxy groups -OCH3 is 1. The van der Waals surface area contributed by atoms with Crippen LogP contribution >= 0.6 is 0 Å². The van der Waals surface area contributed by atoms with Crippen LogP contribution in [-0.2, 0) is 14.3 Å². The molecule has 0 heterocycles. The molecule has 0 saturated heterocycles. The van der Waals surface area contributed by atoms with Crippen molar-refractivity contribution >= 4 is 23.5 Å². The van der Waals surface area contributed by atoms with E-state index in [0.29, 0.717) is 6.54 Å². The van der Waals surface area contributed by atoms with Crippen molar-refractivity contribution in [1.29, 1.82) is 0 Å². The number of hydrogen-bond acceptors (Lipinski definition) is 5. The summed E-state index contributed by atoms with van der Waals surface area (Å²) in [6, 6.07) is 5.42. The van der Waals surface area contributed by atoms with E-state index in [1.54, 1.807) is 23.5 Å². The van der Waals surface area contributed by atoms with E-state index < -0.39 is 23.9 Å². The fourth-order valence-electron chi connectivity index (χ4n) is 2.07. The summed E-state index contributed by atoms with van der Waals surface area (Å²) in [6.45, 7) is 2.61. The van der Waals surface area contributed by atoms with Crippen LogP contribution in [-0.4, -0.2) is 37.5 Å². The van der Waals surface area contributed by atoms with Crippen molar-refractivity contribution in [2.45, 2.75) is 32.2 Å². The second-order valence-electron chi connectivity index (χ2n) is 5.09. The van der Waals surface area contributed by atoms with Crippen LogP contribution in [0.5, 0.6) is 0 Å². The number of carboxylic acid groups (broad SMARTS) is 1. The molecular formula is C16H22N2O5. The molecule has 23 heavy (non-hydrogen) atoms. The molecule has 1 atom stereocenters. The van der Waals surface area contributed by atoms with Crippen molar-refractivity contribution in [3.05, 3.63) is 29.8 Å². The normalized spacial score (nSPS) is 11.6. The van der Waals surface area contributed by atoms with Crippen molar-refractivity contribution in [2.24, 2.45) is 0 Å². The smallest absolute Gasteiger partial charge is 0.339 e. The average Bonchev–Trinajstić information content (AvgIpc) is 2.53. The Labute approximate surface area is 135 Å². The first-order chi connectivity index (χ1) is 11.0. The summed E-state index contributed by atoms with van der Waals surface area (Å²) in [6.07, 6.45) is 1.56. The van der Waals surface area contributed by atoms with Crippen molar-refractivity contribution in [3.8, 4) is 0 Å². The maximum absolute atomic E-state index is 12.0. The fourth-order valence-corrected chi connectivity index (χ4v) is 2.07. The number of quaternary nitrogens is 1. The summed E-state index contributed by atoms with van der Waals surface area (Å²) in [4.78, 5) is 34.8. The van der Waals surface area contributed by atoms with Gasteiger partial charge in [-0.1, -0.05) is 25.5 Å². The SMILES string of the molecule is CCCC[NH2+][C@@H](CC(=O)Nc1ccccc1C(=O)OC)C(=O)[O-]. The van der Waals surface area contributed by atoms with Crippen molar-refractivity contribution in [3.63, 3.8) is 0 Å². The number of nitrogens with two attached hydrogens (primary N) is 1. The van der Waals surface area contributed by atoms with Gasteiger partial charge in [0.25, 0.3) is 0 Å². The monoisotopic (exact) mass is 322 g/mol. The van der Waals surface area contributed by atoms with Gasteiger partial charge in [-0.15, -0.1) is 0 Å². The number of carbonyl (C=O) groups excluding carboxylic acids is 3. The highest BCUT2D eigenvalue weighted by molar-refractivity contribution is 6.01. The lowest BCUT2D eigenvalue weighted by Crippen LogP contribution is -2.93. The van der Waals surface area contributed by atoms with Gasteiger partial charge in [0.1, 0.15) is 6.04 Å². The number of esters is 1. The van der Waals surface area contributed by atoms with E-state index in [1.165, 1.54) is 13.2 Å². The van der Waals surface area contributed by atoms with E-state index in [0.717, 1.165) is 12.8 Å². The summed E-state index contributed by atoms with van der Waals surface area (Å²) >= 11 is 0. The molecule has 0 aliphatic carbocycles. The Kier molecular flexibility index (Phi) is 7.76. The molecule has 0 fully saturated rings. The number of unbranched alkanes of at least 4 members (excludes halogenated alkanes) is 1. The minimum absolute atomic E-state index is 0.211. The quantitative estimate of drug-likeness (QED) is 0.460. The van der Waals surface area contributed by atoms with E-state index in [9.17, 15) is 19.5 Å². The first kappa shape index (κ1) is 18.6. The number of rotatable bonds is 9. The fraction of sp³-hybridized carbons (Fsp3) is 0.438. The summed E-state index contributed by atoms with van der Waals surface area (Å²) in [7, 11) is 1.25. The van der Waals surface area contributed by atoms with Crippen LogP contribution < -0.4 is 15.7 Å². The standard InChI is InChI=1S/C16H22N2O5/c1-3-4-9-17-13(15(20)21)10-14(19)18-12-8-6-5-7-11(12)16(22)23-2/h5-8,13,17H,3-4,9-10H2,1-2H3,(H,18,19)(H,20,21)/t13-/m0/s1. The third-order valence-corrected chi connectivity index (χ3v) is 3.32. The Morgan fingerprint density at radius 3 is 2.61 bits per heavy atom. The second kappa shape index (κ2) is 9.58. The molecule has 0 aromatic heterocycles. The molecule has 7 heteroatoms. The molecule has 126 valence electrons. The largest absolute Gasteiger partial charge is 0.544 e. The molecule has 0 aliphatic rings. The Morgan fingerprint density at radius 2 is 2.00 bits per heavy atom. The molecule has 0 saturated carbocycles.